The highest BCUT2D eigenvalue weighted by atomic mass is 16.4. The number of carboxylic acid groups (broad SMARTS) is 1. The van der Waals surface area contributed by atoms with Crippen molar-refractivity contribution < 1.29 is 14.7 Å². The van der Waals surface area contributed by atoms with Gasteiger partial charge in [0.2, 0.25) is 0 Å². The Hall–Kier alpha value is -0.900. The van der Waals surface area contributed by atoms with Crippen LogP contribution in [0.25, 0.3) is 0 Å². The SMILES string of the molecule is CC(C)(C=O)C[C@H](N)C(=O)O. The molecule has 0 amide bonds. The van der Waals surface area contributed by atoms with Crippen molar-refractivity contribution in [1.29, 1.82) is 0 Å². The molecule has 3 N–H and O–H groups in total. The number of carbonyl (C=O) groups is 2. The average molecular weight is 159 g/mol. The van der Waals surface area contributed by atoms with Crippen LogP contribution in [0.2, 0.25) is 0 Å². The van der Waals surface area contributed by atoms with E-state index in [0.29, 0.717) is 0 Å². The van der Waals surface area contributed by atoms with Crippen molar-refractivity contribution in [2.24, 2.45) is 11.1 Å². The van der Waals surface area contributed by atoms with Crippen LogP contribution in [0.1, 0.15) is 20.3 Å². The molecule has 64 valence electrons. The molecule has 0 radical (unpaired) electrons. The van der Waals surface area contributed by atoms with Crippen LogP contribution in [-0.4, -0.2) is 23.4 Å². The Bertz CT molecular complexity index is 165. The Kier molecular flexibility index (Phi) is 3.19. The fraction of sp³-hybridized carbons (Fsp3) is 0.714. The molecular weight excluding hydrogens is 146 g/mol. The van der Waals surface area contributed by atoms with E-state index in [2.05, 4.69) is 0 Å². The van der Waals surface area contributed by atoms with Crippen molar-refractivity contribution in [3.8, 4) is 0 Å². The van der Waals surface area contributed by atoms with Gasteiger partial charge < -0.3 is 15.6 Å². The van der Waals surface area contributed by atoms with Crippen LogP contribution in [0.15, 0.2) is 0 Å². The van der Waals surface area contributed by atoms with Gasteiger partial charge in [0.1, 0.15) is 12.3 Å². The fourth-order valence-corrected chi connectivity index (χ4v) is 0.702. The Morgan fingerprint density at radius 3 is 2.45 bits per heavy atom. The van der Waals surface area contributed by atoms with Gasteiger partial charge in [-0.25, -0.2) is 0 Å². The van der Waals surface area contributed by atoms with Crippen molar-refractivity contribution in [2.45, 2.75) is 26.3 Å². The Morgan fingerprint density at radius 1 is 1.73 bits per heavy atom. The van der Waals surface area contributed by atoms with E-state index >= 15 is 0 Å². The van der Waals surface area contributed by atoms with Gasteiger partial charge in [-0.3, -0.25) is 4.79 Å². The summed E-state index contributed by atoms with van der Waals surface area (Å²) in [6.07, 6.45) is 0.891. The zero-order valence-corrected chi connectivity index (χ0v) is 6.70. The molecule has 0 aromatic heterocycles. The van der Waals surface area contributed by atoms with E-state index in [0.717, 1.165) is 6.29 Å². The van der Waals surface area contributed by atoms with Crippen LogP contribution in [-0.2, 0) is 9.59 Å². The summed E-state index contributed by atoms with van der Waals surface area (Å²) in [5, 5.41) is 8.40. The summed E-state index contributed by atoms with van der Waals surface area (Å²) in [6.45, 7) is 3.31. The largest absolute Gasteiger partial charge is 0.480 e. The van der Waals surface area contributed by atoms with Gasteiger partial charge in [0.15, 0.2) is 0 Å². The normalized spacial score (nSPS) is 14.1. The highest BCUT2D eigenvalue weighted by Gasteiger charge is 2.24. The van der Waals surface area contributed by atoms with Gasteiger partial charge in [-0.2, -0.15) is 0 Å². The predicted octanol–water partition coefficient (Wildman–Crippen LogP) is 0.0135. The first-order valence-corrected chi connectivity index (χ1v) is 3.34. The molecule has 0 bridgehead atoms. The van der Waals surface area contributed by atoms with Gasteiger partial charge in [-0.1, -0.05) is 13.8 Å². The zero-order valence-electron chi connectivity index (χ0n) is 6.70. The maximum atomic E-state index is 10.3. The Morgan fingerprint density at radius 2 is 2.18 bits per heavy atom. The van der Waals surface area contributed by atoms with Gasteiger partial charge in [0.05, 0.1) is 0 Å². The van der Waals surface area contributed by atoms with Crippen LogP contribution in [0.4, 0.5) is 0 Å². The number of hydrogen-bond donors (Lipinski definition) is 2. The number of rotatable bonds is 4. The third kappa shape index (κ3) is 3.72. The van der Waals surface area contributed by atoms with E-state index in [-0.39, 0.29) is 6.42 Å². The van der Waals surface area contributed by atoms with Gasteiger partial charge in [-0.15, -0.1) is 0 Å². The number of hydrogen-bond acceptors (Lipinski definition) is 3. The molecule has 0 fully saturated rings. The molecule has 0 rings (SSSR count). The highest BCUT2D eigenvalue weighted by molar-refractivity contribution is 5.74. The summed E-state index contributed by atoms with van der Waals surface area (Å²) in [4.78, 5) is 20.6. The lowest BCUT2D eigenvalue weighted by atomic mass is 9.88. The smallest absolute Gasteiger partial charge is 0.320 e. The summed E-state index contributed by atoms with van der Waals surface area (Å²) in [5.74, 6) is -1.07. The van der Waals surface area contributed by atoms with Crippen molar-refractivity contribution >= 4 is 12.3 Å². The molecule has 0 aromatic carbocycles. The van der Waals surface area contributed by atoms with E-state index in [1.807, 2.05) is 0 Å². The molecule has 11 heavy (non-hydrogen) atoms. The molecule has 0 spiro atoms. The molecule has 4 heteroatoms. The third-order valence-electron chi connectivity index (χ3n) is 1.38. The first-order valence-electron chi connectivity index (χ1n) is 3.34. The standard InChI is InChI=1S/C7H13NO3/c1-7(2,4-9)3-5(8)6(10)11/h4-5H,3,8H2,1-2H3,(H,10,11)/t5-/m0/s1. The molecule has 0 unspecified atom stereocenters. The van der Waals surface area contributed by atoms with Crippen molar-refractivity contribution in [2.75, 3.05) is 0 Å². The molecule has 0 saturated carbocycles. The van der Waals surface area contributed by atoms with Gasteiger partial charge in [0, 0.05) is 5.41 Å². The minimum absolute atomic E-state index is 0.172. The van der Waals surface area contributed by atoms with Gasteiger partial charge >= 0.3 is 5.97 Å². The number of aldehydes is 1. The molecule has 0 aromatic rings. The number of carbonyl (C=O) groups excluding carboxylic acids is 1. The molecule has 0 aliphatic carbocycles. The number of carboxylic acids is 1. The van der Waals surface area contributed by atoms with E-state index in [4.69, 9.17) is 10.8 Å². The van der Waals surface area contributed by atoms with Crippen molar-refractivity contribution in [1.82, 2.24) is 0 Å². The van der Waals surface area contributed by atoms with Crippen LogP contribution in [0.5, 0.6) is 0 Å². The lowest BCUT2D eigenvalue weighted by Crippen LogP contribution is -2.35. The van der Waals surface area contributed by atoms with Gasteiger partial charge in [0.25, 0.3) is 0 Å². The van der Waals surface area contributed by atoms with Crippen LogP contribution >= 0.6 is 0 Å². The minimum Gasteiger partial charge on any atom is -0.480 e. The Balaban J connectivity index is 4.03. The zero-order chi connectivity index (χ0) is 9.07. The number of nitrogens with two attached hydrogens (primary N) is 1. The lowest BCUT2D eigenvalue weighted by molar-refractivity contribution is -0.139. The maximum Gasteiger partial charge on any atom is 0.320 e. The average Bonchev–Trinajstić information content (AvgIpc) is 1.87. The van der Waals surface area contributed by atoms with Crippen LogP contribution in [0, 0.1) is 5.41 Å². The van der Waals surface area contributed by atoms with E-state index in [1.165, 1.54) is 0 Å². The van der Waals surface area contributed by atoms with Crippen LogP contribution in [0.3, 0.4) is 0 Å². The molecule has 4 nitrogen and oxygen atoms in total. The molecule has 0 aliphatic heterocycles. The second kappa shape index (κ2) is 3.48. The summed E-state index contributed by atoms with van der Waals surface area (Å²) in [7, 11) is 0. The topological polar surface area (TPSA) is 80.4 Å². The molecule has 1 atom stereocenters. The van der Waals surface area contributed by atoms with Crippen molar-refractivity contribution in [3.05, 3.63) is 0 Å². The second-order valence-corrected chi connectivity index (χ2v) is 3.26. The van der Waals surface area contributed by atoms with E-state index in [9.17, 15) is 9.59 Å². The fourth-order valence-electron chi connectivity index (χ4n) is 0.702. The Labute approximate surface area is 65.4 Å². The lowest BCUT2D eigenvalue weighted by Gasteiger charge is -2.18. The molecule has 0 heterocycles. The van der Waals surface area contributed by atoms with Crippen molar-refractivity contribution in [3.63, 3.8) is 0 Å². The van der Waals surface area contributed by atoms with E-state index < -0.39 is 17.4 Å². The second-order valence-electron chi connectivity index (χ2n) is 3.26. The highest BCUT2D eigenvalue weighted by Crippen LogP contribution is 2.17. The maximum absolute atomic E-state index is 10.3. The quantitative estimate of drug-likeness (QED) is 0.566. The van der Waals surface area contributed by atoms with Crippen LogP contribution < -0.4 is 5.73 Å². The molecule has 0 saturated heterocycles. The first kappa shape index (κ1) is 10.1. The van der Waals surface area contributed by atoms with Gasteiger partial charge in [-0.05, 0) is 6.42 Å². The minimum atomic E-state index is -1.07. The summed E-state index contributed by atoms with van der Waals surface area (Å²) < 4.78 is 0. The summed E-state index contributed by atoms with van der Waals surface area (Å²) in [5.41, 5.74) is 4.58. The first-order chi connectivity index (χ1) is 4.89. The summed E-state index contributed by atoms with van der Waals surface area (Å²) in [6, 6.07) is -0.949. The summed E-state index contributed by atoms with van der Waals surface area (Å²) >= 11 is 0. The predicted molar refractivity (Wildman–Crippen MR) is 40.1 cm³/mol. The monoisotopic (exact) mass is 159 g/mol. The van der Waals surface area contributed by atoms with E-state index in [1.54, 1.807) is 13.8 Å². The third-order valence-corrected chi connectivity index (χ3v) is 1.38. The molecule has 0 aliphatic rings. The number of aliphatic carboxylic acids is 1. The molecular formula is C7H13NO3.